The van der Waals surface area contributed by atoms with E-state index in [4.69, 9.17) is 0 Å². The molecule has 11 heteroatoms. The highest BCUT2D eigenvalue weighted by Crippen LogP contribution is 2.30. The predicted molar refractivity (Wildman–Crippen MR) is 155 cm³/mol. The van der Waals surface area contributed by atoms with E-state index in [1.807, 2.05) is 42.2 Å². The zero-order chi connectivity index (χ0) is 29.6. The van der Waals surface area contributed by atoms with E-state index in [0.717, 1.165) is 43.3 Å². The van der Waals surface area contributed by atoms with Crippen molar-refractivity contribution in [2.45, 2.75) is 62.2 Å². The van der Waals surface area contributed by atoms with Gasteiger partial charge >= 0.3 is 6.09 Å². The maximum Gasteiger partial charge on any atom is 0.422 e. The average molecular weight is 589 g/mol. The summed E-state index contributed by atoms with van der Waals surface area (Å²) in [5.74, 6) is 0.0241. The largest absolute Gasteiger partial charge is 0.464 e. The lowest BCUT2D eigenvalue weighted by atomic mass is 9.99. The Morgan fingerprint density at radius 2 is 1.68 bits per heavy atom. The van der Waals surface area contributed by atoms with Gasteiger partial charge in [0, 0.05) is 51.6 Å². The molecule has 2 aliphatic rings. The molecule has 0 saturated carbocycles. The van der Waals surface area contributed by atoms with Crippen molar-refractivity contribution in [3.8, 4) is 0 Å². The number of likely N-dealkylation sites (N-methyl/N-ethyl adjacent to an activating group) is 1. The summed E-state index contributed by atoms with van der Waals surface area (Å²) in [6.45, 7) is 5.32. The van der Waals surface area contributed by atoms with Crippen LogP contribution in [0.15, 0.2) is 59.5 Å². The van der Waals surface area contributed by atoms with Crippen LogP contribution < -0.4 is 0 Å². The van der Waals surface area contributed by atoms with Crippen LogP contribution in [0.25, 0.3) is 0 Å². The number of rotatable bonds is 11. The molecule has 0 radical (unpaired) electrons. The van der Waals surface area contributed by atoms with Gasteiger partial charge in [0.2, 0.25) is 5.91 Å². The third-order valence-electron chi connectivity index (χ3n) is 8.17. The molecule has 0 spiro atoms. The van der Waals surface area contributed by atoms with Crippen LogP contribution in [0.2, 0.25) is 0 Å². The van der Waals surface area contributed by atoms with Gasteiger partial charge in [0.1, 0.15) is 6.17 Å². The molecule has 2 fully saturated rings. The second-order valence-corrected chi connectivity index (χ2v) is 13.0. The van der Waals surface area contributed by atoms with Crippen LogP contribution in [-0.2, 0) is 21.1 Å². The number of likely N-dealkylation sites (tertiary alicyclic amines) is 1. The summed E-state index contributed by atoms with van der Waals surface area (Å²) >= 11 is 0. The zero-order valence-electron chi connectivity index (χ0n) is 23.9. The second kappa shape index (κ2) is 13.8. The van der Waals surface area contributed by atoms with Crippen LogP contribution in [-0.4, -0.2) is 103 Å². The summed E-state index contributed by atoms with van der Waals surface area (Å²) in [7, 11) is -3.28. The van der Waals surface area contributed by atoms with Gasteiger partial charge in [-0.25, -0.2) is 27.6 Å². The fourth-order valence-corrected chi connectivity index (χ4v) is 6.61. The van der Waals surface area contributed by atoms with E-state index < -0.39 is 28.1 Å². The lowest BCUT2D eigenvalue weighted by Crippen LogP contribution is -2.49. The average Bonchev–Trinajstić information content (AvgIpc) is 3.37. The number of alkyl halides is 1. The number of hydrogen-bond donors (Lipinski definition) is 1. The van der Waals surface area contributed by atoms with Crippen molar-refractivity contribution in [3.05, 3.63) is 65.7 Å². The van der Waals surface area contributed by atoms with E-state index in [9.17, 15) is 27.5 Å². The SMILES string of the molecule is CCN(C(=O)Cc1ccc(S(C)(=O)=O)cc1)C1CCN(CCC(c2ccccc2)N(C(=O)O)N2CC[C@H](F)C2)CC1. The van der Waals surface area contributed by atoms with Gasteiger partial charge in [-0.05, 0) is 55.9 Å². The van der Waals surface area contributed by atoms with E-state index in [-0.39, 0.29) is 29.8 Å². The monoisotopic (exact) mass is 588 g/mol. The van der Waals surface area contributed by atoms with Gasteiger partial charge in [0.25, 0.3) is 0 Å². The number of halogens is 1. The van der Waals surface area contributed by atoms with Gasteiger partial charge < -0.3 is 14.9 Å². The summed E-state index contributed by atoms with van der Waals surface area (Å²) < 4.78 is 37.4. The predicted octanol–water partition coefficient (Wildman–Crippen LogP) is 4.02. The topological polar surface area (TPSA) is 101 Å². The van der Waals surface area contributed by atoms with Crippen LogP contribution in [0.3, 0.4) is 0 Å². The molecule has 1 unspecified atom stereocenters. The molecule has 9 nitrogen and oxygen atoms in total. The number of carbonyl (C=O) groups excluding carboxylic acids is 1. The molecule has 2 atom stereocenters. The first-order valence-corrected chi connectivity index (χ1v) is 16.2. The molecule has 2 aromatic carbocycles. The fraction of sp³-hybridized carbons (Fsp3) is 0.533. The van der Waals surface area contributed by atoms with E-state index >= 15 is 0 Å². The quantitative estimate of drug-likeness (QED) is 0.423. The highest BCUT2D eigenvalue weighted by atomic mass is 32.2. The van der Waals surface area contributed by atoms with Gasteiger partial charge in [0.15, 0.2) is 9.84 Å². The summed E-state index contributed by atoms with van der Waals surface area (Å²) in [5.41, 5.74) is 1.67. The number of amides is 2. The minimum absolute atomic E-state index is 0.0241. The van der Waals surface area contributed by atoms with Crippen molar-refractivity contribution in [2.24, 2.45) is 0 Å². The number of carboxylic acid groups (broad SMARTS) is 1. The first-order chi connectivity index (χ1) is 19.6. The highest BCUT2D eigenvalue weighted by Gasteiger charge is 2.36. The maximum absolute atomic E-state index is 14.0. The molecular formula is C30H41FN4O5S. The minimum Gasteiger partial charge on any atom is -0.464 e. The van der Waals surface area contributed by atoms with Crippen LogP contribution in [0.1, 0.15) is 49.8 Å². The first kappa shape index (κ1) is 30.9. The molecule has 41 heavy (non-hydrogen) atoms. The lowest BCUT2D eigenvalue weighted by Gasteiger charge is -2.40. The number of hydrogen-bond acceptors (Lipinski definition) is 6. The van der Waals surface area contributed by atoms with Crippen LogP contribution in [0, 0.1) is 0 Å². The van der Waals surface area contributed by atoms with Crippen molar-refractivity contribution >= 4 is 21.8 Å². The normalized spacial score (nSPS) is 19.6. The Hall–Kier alpha value is -3.02. The second-order valence-electron chi connectivity index (χ2n) is 11.0. The van der Waals surface area contributed by atoms with Gasteiger partial charge in [-0.15, -0.1) is 0 Å². The fourth-order valence-electron chi connectivity index (χ4n) is 5.98. The Morgan fingerprint density at radius 3 is 2.22 bits per heavy atom. The Kier molecular flexibility index (Phi) is 10.4. The van der Waals surface area contributed by atoms with Crippen molar-refractivity contribution < 1.29 is 27.5 Å². The van der Waals surface area contributed by atoms with Gasteiger partial charge in [-0.3, -0.25) is 4.79 Å². The number of carbonyl (C=O) groups is 2. The number of piperidine rings is 1. The zero-order valence-corrected chi connectivity index (χ0v) is 24.7. The molecule has 0 aromatic heterocycles. The van der Waals surface area contributed by atoms with Crippen molar-refractivity contribution in [3.63, 3.8) is 0 Å². The highest BCUT2D eigenvalue weighted by molar-refractivity contribution is 7.90. The summed E-state index contributed by atoms with van der Waals surface area (Å²) in [6, 6.07) is 15.7. The molecule has 2 amide bonds. The minimum atomic E-state index is -3.28. The molecule has 1 N–H and O–H groups in total. The Bertz CT molecular complexity index is 1270. The van der Waals surface area contributed by atoms with Crippen molar-refractivity contribution in [1.82, 2.24) is 19.8 Å². The number of sulfone groups is 1. The third-order valence-corrected chi connectivity index (χ3v) is 9.30. The molecule has 2 saturated heterocycles. The van der Waals surface area contributed by atoms with E-state index in [1.54, 1.807) is 29.3 Å². The van der Waals surface area contributed by atoms with Crippen molar-refractivity contribution in [2.75, 3.05) is 45.5 Å². The van der Waals surface area contributed by atoms with Gasteiger partial charge in [0.05, 0.1) is 17.4 Å². The van der Waals surface area contributed by atoms with Crippen LogP contribution >= 0.6 is 0 Å². The summed E-state index contributed by atoms with van der Waals surface area (Å²) in [6.07, 6.45) is 1.83. The standard InChI is InChI=1S/C30H41FN4O5S/c1-3-34(29(36)21-23-9-11-27(12-10-23)41(2,39)40)26-14-17-32(18-15-26)19-16-28(24-7-5-4-6-8-24)35(30(37)38)33-20-13-25(31)22-33/h4-12,25-26,28H,3,13-22H2,1-2H3,(H,37,38)/t25-,28?/m0/s1. The number of benzene rings is 2. The summed E-state index contributed by atoms with van der Waals surface area (Å²) in [5, 5.41) is 13.0. The molecular weight excluding hydrogens is 547 g/mol. The van der Waals surface area contributed by atoms with Gasteiger partial charge in [-0.1, -0.05) is 42.5 Å². The Morgan fingerprint density at radius 1 is 1.02 bits per heavy atom. The molecule has 0 bridgehead atoms. The number of nitrogens with zero attached hydrogens (tertiary/aromatic N) is 4. The van der Waals surface area contributed by atoms with Crippen LogP contribution in [0.4, 0.5) is 9.18 Å². The van der Waals surface area contributed by atoms with Crippen LogP contribution in [0.5, 0.6) is 0 Å². The van der Waals surface area contributed by atoms with E-state index in [1.165, 1.54) is 5.01 Å². The Labute approximate surface area is 242 Å². The lowest BCUT2D eigenvalue weighted by molar-refractivity contribution is -0.133. The van der Waals surface area contributed by atoms with E-state index in [0.29, 0.717) is 32.5 Å². The third kappa shape index (κ3) is 8.05. The molecule has 4 rings (SSSR count). The number of hydrazine groups is 1. The molecule has 224 valence electrons. The molecule has 2 aromatic rings. The summed E-state index contributed by atoms with van der Waals surface area (Å²) in [4.78, 5) is 30.0. The van der Waals surface area contributed by atoms with Crippen molar-refractivity contribution in [1.29, 1.82) is 0 Å². The molecule has 0 aliphatic carbocycles. The Balaban J connectivity index is 1.35. The van der Waals surface area contributed by atoms with Gasteiger partial charge in [-0.2, -0.15) is 0 Å². The molecule has 2 heterocycles. The molecule has 2 aliphatic heterocycles. The first-order valence-electron chi connectivity index (χ1n) is 14.3. The smallest absolute Gasteiger partial charge is 0.422 e. The maximum atomic E-state index is 14.0. The van der Waals surface area contributed by atoms with E-state index in [2.05, 4.69) is 4.90 Å².